The van der Waals surface area contributed by atoms with Gasteiger partial charge in [-0.05, 0) is 39.3 Å². The molecule has 2 aromatic rings. The van der Waals surface area contributed by atoms with Gasteiger partial charge in [0.1, 0.15) is 11.6 Å². The number of carbonyl (C=O) groups is 1. The standard InChI is InChI=1S/C18H25N7O/c1-11-6-7-15(23-22-11)20-14-8-9-25(10-14)17-12(2)13(3)19-16(21-17)18(26)24(4)5/h6-7,14H,8-10H2,1-5H3,(H,20,23)/t14-/m1/s1. The number of anilines is 2. The number of hydrogen-bond acceptors (Lipinski definition) is 7. The van der Waals surface area contributed by atoms with Crippen LogP contribution in [-0.4, -0.2) is 64.2 Å². The lowest BCUT2D eigenvalue weighted by Gasteiger charge is -2.22. The summed E-state index contributed by atoms with van der Waals surface area (Å²) in [5, 5.41) is 11.7. The third-order valence-electron chi connectivity index (χ3n) is 4.60. The summed E-state index contributed by atoms with van der Waals surface area (Å²) in [4.78, 5) is 24.9. The molecule has 1 atom stereocenters. The fourth-order valence-electron chi connectivity index (χ4n) is 2.97. The molecule has 8 heteroatoms. The topological polar surface area (TPSA) is 87.1 Å². The summed E-state index contributed by atoms with van der Waals surface area (Å²) in [6.45, 7) is 7.49. The Morgan fingerprint density at radius 2 is 1.96 bits per heavy atom. The van der Waals surface area contributed by atoms with E-state index >= 15 is 0 Å². The van der Waals surface area contributed by atoms with E-state index in [0.717, 1.165) is 48.1 Å². The van der Waals surface area contributed by atoms with Gasteiger partial charge >= 0.3 is 0 Å². The van der Waals surface area contributed by atoms with E-state index in [1.807, 2.05) is 32.9 Å². The zero-order chi connectivity index (χ0) is 18.8. The van der Waals surface area contributed by atoms with E-state index in [4.69, 9.17) is 0 Å². The first-order chi connectivity index (χ1) is 12.3. The second-order valence-electron chi connectivity index (χ2n) is 6.92. The number of carbonyl (C=O) groups excluding carboxylic acids is 1. The smallest absolute Gasteiger partial charge is 0.291 e. The van der Waals surface area contributed by atoms with Crippen LogP contribution in [0.3, 0.4) is 0 Å². The van der Waals surface area contributed by atoms with Crippen molar-refractivity contribution >= 4 is 17.5 Å². The van der Waals surface area contributed by atoms with E-state index < -0.39 is 0 Å². The molecule has 26 heavy (non-hydrogen) atoms. The van der Waals surface area contributed by atoms with Crippen LogP contribution in [0.2, 0.25) is 0 Å². The highest BCUT2D eigenvalue weighted by atomic mass is 16.2. The van der Waals surface area contributed by atoms with Gasteiger partial charge in [0.05, 0.1) is 5.69 Å². The van der Waals surface area contributed by atoms with Crippen molar-refractivity contribution in [2.75, 3.05) is 37.4 Å². The van der Waals surface area contributed by atoms with Crippen LogP contribution in [0.1, 0.15) is 34.0 Å². The Morgan fingerprint density at radius 3 is 2.62 bits per heavy atom. The summed E-state index contributed by atoms with van der Waals surface area (Å²) in [6, 6.07) is 4.15. The van der Waals surface area contributed by atoms with Crippen LogP contribution in [0, 0.1) is 20.8 Å². The summed E-state index contributed by atoms with van der Waals surface area (Å²) >= 11 is 0. The molecule has 0 unspecified atom stereocenters. The molecule has 1 aliphatic rings. The first-order valence-electron chi connectivity index (χ1n) is 8.74. The maximum absolute atomic E-state index is 12.3. The zero-order valence-electron chi connectivity index (χ0n) is 15.9. The summed E-state index contributed by atoms with van der Waals surface area (Å²) in [7, 11) is 3.41. The van der Waals surface area contributed by atoms with Gasteiger partial charge < -0.3 is 15.1 Å². The molecule has 0 spiro atoms. The van der Waals surface area contributed by atoms with Crippen molar-refractivity contribution in [2.24, 2.45) is 0 Å². The van der Waals surface area contributed by atoms with Crippen molar-refractivity contribution in [3.8, 4) is 0 Å². The zero-order valence-corrected chi connectivity index (χ0v) is 15.9. The number of aryl methyl sites for hydroxylation is 2. The van der Waals surface area contributed by atoms with Crippen LogP contribution in [0.15, 0.2) is 12.1 Å². The van der Waals surface area contributed by atoms with E-state index in [9.17, 15) is 4.79 Å². The third-order valence-corrected chi connectivity index (χ3v) is 4.60. The minimum absolute atomic E-state index is 0.182. The molecule has 1 amide bonds. The molecule has 1 saturated heterocycles. The van der Waals surface area contributed by atoms with Crippen LogP contribution in [-0.2, 0) is 0 Å². The fourth-order valence-corrected chi connectivity index (χ4v) is 2.97. The highest BCUT2D eigenvalue weighted by Gasteiger charge is 2.27. The third kappa shape index (κ3) is 3.74. The molecular formula is C18H25N7O. The predicted molar refractivity (Wildman–Crippen MR) is 101 cm³/mol. The molecule has 8 nitrogen and oxygen atoms in total. The Bertz CT molecular complexity index is 804. The first kappa shape index (κ1) is 18.0. The molecule has 0 bridgehead atoms. The Labute approximate surface area is 153 Å². The lowest BCUT2D eigenvalue weighted by atomic mass is 10.2. The van der Waals surface area contributed by atoms with Gasteiger partial charge in [-0.25, -0.2) is 9.97 Å². The van der Waals surface area contributed by atoms with Crippen molar-refractivity contribution < 1.29 is 4.79 Å². The molecule has 138 valence electrons. The minimum atomic E-state index is -0.182. The first-order valence-corrected chi connectivity index (χ1v) is 8.74. The molecule has 1 N–H and O–H groups in total. The van der Waals surface area contributed by atoms with E-state index in [1.54, 1.807) is 14.1 Å². The van der Waals surface area contributed by atoms with Crippen LogP contribution in [0.4, 0.5) is 11.6 Å². The molecule has 1 fully saturated rings. The summed E-state index contributed by atoms with van der Waals surface area (Å²) in [6.07, 6.45) is 0.967. The number of nitrogens with zero attached hydrogens (tertiary/aromatic N) is 6. The van der Waals surface area contributed by atoms with Crippen molar-refractivity contribution in [3.63, 3.8) is 0 Å². The van der Waals surface area contributed by atoms with Gasteiger partial charge in [-0.1, -0.05) is 0 Å². The van der Waals surface area contributed by atoms with Gasteiger partial charge in [-0.2, -0.15) is 5.10 Å². The van der Waals surface area contributed by atoms with Gasteiger partial charge in [-0.3, -0.25) is 4.79 Å². The average molecular weight is 355 g/mol. The number of amides is 1. The highest BCUT2D eigenvalue weighted by molar-refractivity contribution is 5.90. The molecule has 0 aromatic carbocycles. The summed E-state index contributed by atoms with van der Waals surface area (Å²) < 4.78 is 0. The van der Waals surface area contributed by atoms with Gasteiger partial charge in [-0.15, -0.1) is 5.10 Å². The van der Waals surface area contributed by atoms with Crippen molar-refractivity contribution in [2.45, 2.75) is 33.2 Å². The van der Waals surface area contributed by atoms with Crippen LogP contribution >= 0.6 is 0 Å². The molecule has 2 aromatic heterocycles. The van der Waals surface area contributed by atoms with Gasteiger partial charge in [0, 0.05) is 44.5 Å². The van der Waals surface area contributed by atoms with E-state index in [-0.39, 0.29) is 17.8 Å². The second-order valence-corrected chi connectivity index (χ2v) is 6.92. The van der Waals surface area contributed by atoms with Gasteiger partial charge in [0.2, 0.25) is 5.82 Å². The number of rotatable bonds is 4. The lowest BCUT2D eigenvalue weighted by Crippen LogP contribution is -2.30. The Hall–Kier alpha value is -2.77. The SMILES string of the molecule is Cc1ccc(N[C@@H]2CCN(c3nc(C(=O)N(C)C)nc(C)c3C)C2)nn1. The van der Waals surface area contributed by atoms with E-state index in [2.05, 4.69) is 30.4 Å². The summed E-state index contributed by atoms with van der Waals surface area (Å²) in [5.74, 6) is 1.68. The average Bonchev–Trinajstić information content (AvgIpc) is 3.06. The maximum atomic E-state index is 12.3. The largest absolute Gasteiger partial charge is 0.364 e. The van der Waals surface area contributed by atoms with Crippen LogP contribution in [0.25, 0.3) is 0 Å². The molecule has 3 rings (SSSR count). The van der Waals surface area contributed by atoms with E-state index in [1.165, 1.54) is 4.90 Å². The normalized spacial score (nSPS) is 16.7. The quantitative estimate of drug-likeness (QED) is 0.891. The number of nitrogens with one attached hydrogen (secondary N) is 1. The molecule has 1 aliphatic heterocycles. The molecule has 3 heterocycles. The number of aromatic nitrogens is 4. The van der Waals surface area contributed by atoms with Crippen molar-refractivity contribution in [3.05, 3.63) is 34.9 Å². The van der Waals surface area contributed by atoms with Gasteiger partial charge in [0.15, 0.2) is 0 Å². The number of hydrogen-bond donors (Lipinski definition) is 1. The van der Waals surface area contributed by atoms with Crippen LogP contribution in [0.5, 0.6) is 0 Å². The Balaban J connectivity index is 1.77. The van der Waals surface area contributed by atoms with Crippen molar-refractivity contribution in [1.82, 2.24) is 25.1 Å². The van der Waals surface area contributed by atoms with Crippen LogP contribution < -0.4 is 10.2 Å². The maximum Gasteiger partial charge on any atom is 0.291 e. The van der Waals surface area contributed by atoms with Gasteiger partial charge in [0.25, 0.3) is 5.91 Å². The molecule has 0 saturated carbocycles. The lowest BCUT2D eigenvalue weighted by molar-refractivity contribution is 0.0815. The molecule has 0 aliphatic carbocycles. The summed E-state index contributed by atoms with van der Waals surface area (Å²) in [5.41, 5.74) is 2.74. The highest BCUT2D eigenvalue weighted by Crippen LogP contribution is 2.25. The van der Waals surface area contributed by atoms with E-state index in [0.29, 0.717) is 0 Å². The predicted octanol–water partition coefficient (Wildman–Crippen LogP) is 1.58. The Morgan fingerprint density at radius 1 is 1.19 bits per heavy atom. The van der Waals surface area contributed by atoms with Crippen molar-refractivity contribution in [1.29, 1.82) is 0 Å². The fraction of sp³-hybridized carbons (Fsp3) is 0.500. The minimum Gasteiger partial charge on any atom is -0.364 e. The molecule has 0 radical (unpaired) electrons. The monoisotopic (exact) mass is 355 g/mol. The second kappa shape index (κ2) is 7.23. The Kier molecular flexibility index (Phi) is 5.01. The molecular weight excluding hydrogens is 330 g/mol.